The van der Waals surface area contributed by atoms with E-state index in [1.165, 1.54) is 0 Å². The molecule has 0 heterocycles. The van der Waals surface area contributed by atoms with Crippen molar-refractivity contribution in [2.45, 2.75) is 26.9 Å². The lowest BCUT2D eigenvalue weighted by Gasteiger charge is -2.16. The smallest absolute Gasteiger partial charge is 0.246 e. The molecule has 0 radical (unpaired) electrons. The van der Waals surface area contributed by atoms with Crippen molar-refractivity contribution in [3.63, 3.8) is 0 Å². The van der Waals surface area contributed by atoms with Crippen molar-refractivity contribution in [2.75, 3.05) is 13.6 Å². The molecule has 0 saturated heterocycles. The van der Waals surface area contributed by atoms with Crippen LogP contribution in [0.15, 0.2) is 44.3 Å². The molecule has 0 aromatic heterocycles. The Labute approximate surface area is 182 Å². The van der Waals surface area contributed by atoms with Gasteiger partial charge in [-0.15, -0.1) is 0 Å². The summed E-state index contributed by atoms with van der Waals surface area (Å²) >= 11 is 6.77. The van der Waals surface area contributed by atoms with E-state index < -0.39 is 6.10 Å². The summed E-state index contributed by atoms with van der Waals surface area (Å²) in [5, 5.41) is 9.53. The first-order chi connectivity index (χ1) is 13.3. The number of hydrogen-bond donors (Lipinski definition) is 0. The van der Waals surface area contributed by atoms with Gasteiger partial charge in [-0.1, -0.05) is 6.07 Å². The minimum Gasteiger partial charge on any atom is -0.465 e. The van der Waals surface area contributed by atoms with Crippen molar-refractivity contribution >= 4 is 49.7 Å². The highest BCUT2D eigenvalue weighted by Gasteiger charge is 2.25. The Morgan fingerprint density at radius 2 is 1.93 bits per heavy atom. The van der Waals surface area contributed by atoms with E-state index in [9.17, 15) is 10.1 Å². The molecule has 2 aromatic carbocycles. The maximum atomic E-state index is 13.0. The Kier molecular flexibility index (Phi) is 7.78. The average molecular weight is 507 g/mol. The highest BCUT2D eigenvalue weighted by molar-refractivity contribution is 9.11. The molecule has 0 fully saturated rings. The molecule has 0 aliphatic heterocycles. The summed E-state index contributed by atoms with van der Waals surface area (Å²) in [6, 6.07) is 11.0. The lowest BCUT2D eigenvalue weighted by molar-refractivity contribution is 0.0857. The van der Waals surface area contributed by atoms with E-state index in [4.69, 9.17) is 4.74 Å². The van der Waals surface area contributed by atoms with E-state index in [0.717, 1.165) is 23.4 Å². The van der Waals surface area contributed by atoms with Gasteiger partial charge in [0.2, 0.25) is 11.9 Å². The molecule has 28 heavy (non-hydrogen) atoms. The van der Waals surface area contributed by atoms with Crippen molar-refractivity contribution in [2.24, 2.45) is 4.99 Å². The summed E-state index contributed by atoms with van der Waals surface area (Å²) in [6.45, 7) is 6.61. The molecule has 0 spiro atoms. The highest BCUT2D eigenvalue weighted by Crippen LogP contribution is 2.34. The van der Waals surface area contributed by atoms with Crippen LogP contribution in [0.2, 0.25) is 0 Å². The minimum absolute atomic E-state index is 0.382. The fourth-order valence-electron chi connectivity index (χ4n) is 2.44. The number of rotatable bonds is 7. The third kappa shape index (κ3) is 5.21. The predicted octanol–water partition coefficient (Wildman–Crippen LogP) is 5.59. The lowest BCUT2D eigenvalue weighted by atomic mass is 9.98. The molecule has 0 amide bonds. The van der Waals surface area contributed by atoms with Crippen molar-refractivity contribution in [1.82, 2.24) is 4.90 Å². The zero-order chi connectivity index (χ0) is 20.8. The number of carbonyl (C=O) groups excluding carboxylic acids is 1. The molecule has 0 aliphatic carbocycles. The van der Waals surface area contributed by atoms with Crippen LogP contribution in [-0.2, 0) is 0 Å². The van der Waals surface area contributed by atoms with Crippen molar-refractivity contribution in [3.05, 3.63) is 56.0 Å². The predicted molar refractivity (Wildman–Crippen MR) is 119 cm³/mol. The lowest BCUT2D eigenvalue weighted by Crippen LogP contribution is -2.26. The van der Waals surface area contributed by atoms with Crippen molar-refractivity contribution in [3.8, 4) is 11.8 Å². The fraction of sp³-hybridized carbons (Fsp3) is 0.286. The maximum absolute atomic E-state index is 13.0. The molecule has 2 aromatic rings. The normalized spacial score (nSPS) is 11.9. The zero-order valence-corrected chi connectivity index (χ0v) is 19.3. The number of nitrogens with zero attached hydrogens (tertiary/aromatic N) is 3. The zero-order valence-electron chi connectivity index (χ0n) is 16.2. The molecule has 0 bridgehead atoms. The van der Waals surface area contributed by atoms with Gasteiger partial charge in [0.1, 0.15) is 11.8 Å². The number of ether oxygens (including phenoxy) is 1. The van der Waals surface area contributed by atoms with Crippen LogP contribution < -0.4 is 4.74 Å². The quantitative estimate of drug-likeness (QED) is 0.278. The number of nitriles is 1. The Morgan fingerprint density at radius 3 is 2.50 bits per heavy atom. The molecule has 0 saturated carbocycles. The first kappa shape index (κ1) is 22.1. The van der Waals surface area contributed by atoms with Crippen LogP contribution in [0.3, 0.4) is 0 Å². The fourth-order valence-corrected chi connectivity index (χ4v) is 3.63. The van der Waals surface area contributed by atoms with Gasteiger partial charge in [-0.2, -0.15) is 5.26 Å². The van der Waals surface area contributed by atoms with Gasteiger partial charge in [-0.25, -0.2) is 4.99 Å². The molecule has 146 valence electrons. The van der Waals surface area contributed by atoms with Gasteiger partial charge < -0.3 is 9.64 Å². The van der Waals surface area contributed by atoms with Crippen molar-refractivity contribution in [1.29, 1.82) is 5.26 Å². The number of ketones is 1. The van der Waals surface area contributed by atoms with Crippen LogP contribution >= 0.6 is 31.9 Å². The monoisotopic (exact) mass is 505 g/mol. The number of para-hydroxylation sites is 1. The summed E-state index contributed by atoms with van der Waals surface area (Å²) in [4.78, 5) is 19.4. The van der Waals surface area contributed by atoms with Crippen LogP contribution in [0.4, 0.5) is 5.69 Å². The number of aliphatic imine (C=N–C) groups is 1. The number of halogens is 2. The molecule has 1 atom stereocenters. The van der Waals surface area contributed by atoms with Crippen LogP contribution in [0, 0.1) is 25.2 Å². The second-order valence-electron chi connectivity index (χ2n) is 6.31. The second kappa shape index (κ2) is 9.85. The number of Topliss-reactive ketones (excluding diaryl/α,β-unsaturated/α-hetero) is 1. The number of aryl methyl sites for hydroxylation is 2. The van der Waals surface area contributed by atoms with E-state index in [2.05, 4.69) is 36.9 Å². The summed E-state index contributed by atoms with van der Waals surface area (Å²) < 4.78 is 7.04. The number of carbonyl (C=O) groups is 1. The Bertz CT molecular complexity index is 931. The Hall–Kier alpha value is -2.17. The first-order valence-electron chi connectivity index (χ1n) is 8.68. The Balaban J connectivity index is 2.33. The van der Waals surface area contributed by atoms with E-state index >= 15 is 0 Å². The van der Waals surface area contributed by atoms with E-state index in [1.807, 2.05) is 50.9 Å². The third-order valence-corrected chi connectivity index (χ3v) is 5.46. The van der Waals surface area contributed by atoms with E-state index in [-0.39, 0.29) is 5.78 Å². The van der Waals surface area contributed by atoms with E-state index in [0.29, 0.717) is 20.3 Å². The topological polar surface area (TPSA) is 65.7 Å². The largest absolute Gasteiger partial charge is 0.465 e. The van der Waals surface area contributed by atoms with Crippen LogP contribution in [-0.4, -0.2) is 36.7 Å². The van der Waals surface area contributed by atoms with Crippen molar-refractivity contribution < 1.29 is 9.53 Å². The molecule has 0 N–H and O–H groups in total. The Morgan fingerprint density at radius 1 is 1.29 bits per heavy atom. The highest BCUT2D eigenvalue weighted by atomic mass is 79.9. The summed E-state index contributed by atoms with van der Waals surface area (Å²) in [7, 11) is 1.94. The first-order valence-corrected chi connectivity index (χ1v) is 10.3. The second-order valence-corrected chi connectivity index (χ2v) is 8.02. The molecule has 1 unspecified atom stereocenters. The van der Waals surface area contributed by atoms with E-state index in [1.54, 1.807) is 24.5 Å². The molecule has 2 rings (SSSR count). The third-order valence-electron chi connectivity index (χ3n) is 4.21. The van der Waals surface area contributed by atoms with Gasteiger partial charge in [-0.05, 0) is 88.0 Å². The van der Waals surface area contributed by atoms with Crippen LogP contribution in [0.1, 0.15) is 28.4 Å². The molecular weight excluding hydrogens is 486 g/mol. The van der Waals surface area contributed by atoms with Gasteiger partial charge in [0.25, 0.3) is 0 Å². The maximum Gasteiger partial charge on any atom is 0.246 e. The van der Waals surface area contributed by atoms with Gasteiger partial charge in [0.05, 0.1) is 21.0 Å². The summed E-state index contributed by atoms with van der Waals surface area (Å²) in [5.41, 5.74) is 2.85. The molecule has 7 heteroatoms. The van der Waals surface area contributed by atoms with Crippen LogP contribution in [0.5, 0.6) is 5.75 Å². The molecule has 0 aliphatic rings. The van der Waals surface area contributed by atoms with Crippen LogP contribution in [0.25, 0.3) is 0 Å². The molecule has 5 nitrogen and oxygen atoms in total. The average Bonchev–Trinajstić information content (AvgIpc) is 2.67. The van der Waals surface area contributed by atoms with Gasteiger partial charge in [0, 0.05) is 19.2 Å². The SMILES string of the molecule is CCN(C)/C=N\c1cc(C)c(C(=O)C(C#N)Oc2c(Br)cccc2Br)cc1C. The molecular formula is C21H21Br2N3O2. The number of benzene rings is 2. The van der Waals surface area contributed by atoms with Gasteiger partial charge >= 0.3 is 0 Å². The summed E-state index contributed by atoms with van der Waals surface area (Å²) in [6.07, 6.45) is 0.503. The minimum atomic E-state index is -1.26. The standard InChI is InChI=1S/C21H21Br2N3O2/c1-5-26(4)12-25-18-10-13(2)15(9-14(18)3)20(27)19(11-24)28-21-16(22)7-6-8-17(21)23/h6-10,12,19H,5H2,1-4H3/b25-12-. The summed E-state index contributed by atoms with van der Waals surface area (Å²) in [5.74, 6) is 0.0348. The van der Waals surface area contributed by atoms with Gasteiger partial charge in [0.15, 0.2) is 0 Å². The number of hydrogen-bond acceptors (Lipinski definition) is 4. The van der Waals surface area contributed by atoms with Gasteiger partial charge in [-0.3, -0.25) is 4.79 Å².